The lowest BCUT2D eigenvalue weighted by Crippen LogP contribution is -2.30. The maximum atomic E-state index is 9.16. The minimum atomic E-state index is 0. The van der Waals surface area contributed by atoms with E-state index in [-0.39, 0.29) is 14.0 Å². The average Bonchev–Trinajstić information content (AvgIpc) is 2.88. The van der Waals surface area contributed by atoms with E-state index in [0.29, 0.717) is 0 Å². The van der Waals surface area contributed by atoms with Crippen LogP contribution in [0.2, 0.25) is 0 Å². The van der Waals surface area contributed by atoms with Gasteiger partial charge in [0.25, 0.3) is 0 Å². The molecule has 0 aromatic rings. The van der Waals surface area contributed by atoms with Crippen LogP contribution in [0.5, 0.6) is 0 Å². The smallest absolute Gasteiger partial charge is 0.247 e. The van der Waals surface area contributed by atoms with Gasteiger partial charge in [-0.15, -0.1) is 0 Å². The topological polar surface area (TPSA) is 26.5 Å². The molecule has 0 unspecified atom stereocenters. The number of rotatable bonds is 13. The minimum Gasteiger partial charge on any atom is -0.392 e. The predicted octanol–water partition coefficient (Wildman–Crippen LogP) is 4.10. The quantitative estimate of drug-likeness (QED) is 0.315. The van der Waals surface area contributed by atoms with Gasteiger partial charge in [-0.05, 0) is 13.3 Å². The van der Waals surface area contributed by atoms with Crippen molar-refractivity contribution in [1.82, 2.24) is 4.90 Å². The fourth-order valence-electron chi connectivity index (χ4n) is 3.31. The molecule has 22 heavy (non-hydrogen) atoms. The number of hydrogen-bond donors (Lipinski definition) is 1. The number of hydrogen-bond acceptors (Lipinski definition) is 2. The van der Waals surface area contributed by atoms with Gasteiger partial charge in [-0.25, -0.2) is 0 Å². The van der Waals surface area contributed by atoms with Gasteiger partial charge in [0.2, 0.25) is 5.84 Å². The van der Waals surface area contributed by atoms with Crippen LogP contribution in [0.25, 0.3) is 0 Å². The van der Waals surface area contributed by atoms with Crippen molar-refractivity contribution in [3.63, 3.8) is 0 Å². The zero-order valence-corrected chi connectivity index (χ0v) is 15.4. The lowest BCUT2D eigenvalue weighted by Gasteiger charge is -2.11. The zero-order chi connectivity index (χ0) is 15.3. The number of nitrogens with zero attached hydrogens (tertiary/aromatic N) is 2. The number of β-amino-alcohol motifs (C(OH)–C–C–N with tert-alkyl or cyclic N) is 1. The van der Waals surface area contributed by atoms with Crippen LogP contribution in [0.15, 0.2) is 0 Å². The number of aliphatic hydroxyl groups excluding tert-OH is 1. The molecule has 0 fully saturated rings. The van der Waals surface area contributed by atoms with E-state index in [1.165, 1.54) is 70.0 Å². The van der Waals surface area contributed by atoms with Crippen LogP contribution in [0.1, 0.15) is 78.1 Å². The second kappa shape index (κ2) is 14.0. The Morgan fingerprint density at radius 3 is 2.09 bits per heavy atom. The molecule has 0 aromatic carbocycles. The molecular weight excluding hydrogens is 272 g/mol. The van der Waals surface area contributed by atoms with E-state index >= 15 is 0 Å². The summed E-state index contributed by atoms with van der Waals surface area (Å²) in [4.78, 5) is 2.49. The molecule has 1 N–H and O–H groups in total. The molecule has 0 spiro atoms. The molecule has 0 atom stereocenters. The van der Waals surface area contributed by atoms with Gasteiger partial charge in [0.1, 0.15) is 19.6 Å². The fourth-order valence-corrected chi connectivity index (χ4v) is 3.31. The van der Waals surface area contributed by atoms with Crippen molar-refractivity contribution in [1.29, 1.82) is 0 Å². The summed E-state index contributed by atoms with van der Waals surface area (Å²) >= 11 is 0. The molecule has 3 nitrogen and oxygen atoms in total. The Hall–Kier alpha value is -0.570. The third kappa shape index (κ3) is 8.17. The normalized spacial score (nSPS) is 14.6. The fraction of sp³-hybridized carbons (Fsp3) is 0.895. The maximum absolute atomic E-state index is 9.16. The molecule has 3 heteroatoms. The third-order valence-corrected chi connectivity index (χ3v) is 4.63. The Labute approximate surface area is 139 Å². The standard InChI is InChI=1S/C18H37N2O.CH3/c1-3-5-6-7-8-9-10-11-12-13-18-19(4-2)14-15-20(18)16-17-21;/h21H,3-17H2,1-2H3;1H3/q+1;-1. The van der Waals surface area contributed by atoms with Crippen molar-refractivity contribution in [3.8, 4) is 0 Å². The van der Waals surface area contributed by atoms with Crippen LogP contribution in [0.4, 0.5) is 0 Å². The second-order valence-electron chi connectivity index (χ2n) is 6.28. The summed E-state index contributed by atoms with van der Waals surface area (Å²) < 4.78 is 2.38. The molecule has 0 aliphatic carbocycles. The van der Waals surface area contributed by atoms with Crippen molar-refractivity contribution in [2.45, 2.75) is 78.1 Å². The molecule has 0 bridgehead atoms. The summed E-state index contributed by atoms with van der Waals surface area (Å²) in [6.07, 6.45) is 13.7. The largest absolute Gasteiger partial charge is 0.392 e. The molecule has 1 rings (SSSR count). The predicted molar refractivity (Wildman–Crippen MR) is 97.6 cm³/mol. The molecule has 1 aliphatic heterocycles. The highest BCUT2D eigenvalue weighted by Gasteiger charge is 2.27. The van der Waals surface area contributed by atoms with Gasteiger partial charge < -0.3 is 12.5 Å². The van der Waals surface area contributed by atoms with Crippen molar-refractivity contribution in [3.05, 3.63) is 7.43 Å². The van der Waals surface area contributed by atoms with Gasteiger partial charge in [-0.3, -0.25) is 9.48 Å². The van der Waals surface area contributed by atoms with Crippen molar-refractivity contribution in [2.75, 3.05) is 32.8 Å². The molecule has 0 saturated carbocycles. The van der Waals surface area contributed by atoms with Gasteiger partial charge in [-0.2, -0.15) is 0 Å². The Bertz CT molecular complexity index is 289. The van der Waals surface area contributed by atoms with Crippen LogP contribution in [0.3, 0.4) is 0 Å². The summed E-state index contributed by atoms with van der Waals surface area (Å²) in [7, 11) is 0. The van der Waals surface area contributed by atoms with Gasteiger partial charge in [0, 0.05) is 6.42 Å². The second-order valence-corrected chi connectivity index (χ2v) is 6.28. The molecular formula is C19H40N2O. The van der Waals surface area contributed by atoms with E-state index in [1.54, 1.807) is 0 Å². The summed E-state index contributed by atoms with van der Waals surface area (Å²) in [6, 6.07) is 0. The zero-order valence-electron chi connectivity index (χ0n) is 15.4. The Balaban J connectivity index is 0.00000441. The monoisotopic (exact) mass is 312 g/mol. The SMILES string of the molecule is CCCCCCCCCCCC1=[N+](CCO)CCN1CC.[CH3-]. The Morgan fingerprint density at radius 2 is 1.55 bits per heavy atom. The molecule has 0 aromatic heterocycles. The number of unbranched alkanes of at least 4 members (excludes halogenated alkanes) is 8. The van der Waals surface area contributed by atoms with Gasteiger partial charge in [0.05, 0.1) is 13.2 Å². The van der Waals surface area contributed by atoms with E-state index in [1.807, 2.05) is 0 Å². The number of amidine groups is 1. The van der Waals surface area contributed by atoms with E-state index in [4.69, 9.17) is 5.11 Å². The summed E-state index contributed by atoms with van der Waals surface area (Å²) in [6.45, 7) is 8.94. The summed E-state index contributed by atoms with van der Waals surface area (Å²) in [5.41, 5.74) is 0. The molecule has 0 saturated heterocycles. The van der Waals surface area contributed by atoms with E-state index < -0.39 is 0 Å². The first-order valence-corrected chi connectivity index (χ1v) is 9.30. The summed E-state index contributed by atoms with van der Waals surface area (Å²) in [5.74, 6) is 1.48. The average molecular weight is 313 g/mol. The van der Waals surface area contributed by atoms with E-state index in [2.05, 4.69) is 23.3 Å². The van der Waals surface area contributed by atoms with Gasteiger partial charge in [0.15, 0.2) is 0 Å². The number of aliphatic hydroxyl groups is 1. The Kier molecular flexibility index (Phi) is 13.7. The maximum Gasteiger partial charge on any atom is 0.247 e. The molecule has 0 amide bonds. The first-order chi connectivity index (χ1) is 10.3. The lowest BCUT2D eigenvalue weighted by molar-refractivity contribution is -0.521. The number of likely N-dealkylation sites (N-methyl/N-ethyl adjacent to an activating group) is 1. The lowest BCUT2D eigenvalue weighted by atomic mass is 10.1. The Morgan fingerprint density at radius 1 is 0.955 bits per heavy atom. The molecule has 0 radical (unpaired) electrons. The van der Waals surface area contributed by atoms with Gasteiger partial charge in [-0.1, -0.05) is 58.3 Å². The van der Waals surface area contributed by atoms with Crippen molar-refractivity contribution >= 4 is 5.84 Å². The third-order valence-electron chi connectivity index (χ3n) is 4.63. The van der Waals surface area contributed by atoms with Crippen LogP contribution >= 0.6 is 0 Å². The van der Waals surface area contributed by atoms with Gasteiger partial charge >= 0.3 is 0 Å². The van der Waals surface area contributed by atoms with Crippen LogP contribution in [0, 0.1) is 7.43 Å². The first-order valence-electron chi connectivity index (χ1n) is 9.30. The van der Waals surface area contributed by atoms with E-state index in [9.17, 15) is 0 Å². The highest BCUT2D eigenvalue weighted by molar-refractivity contribution is 5.78. The molecule has 1 heterocycles. The molecule has 132 valence electrons. The minimum absolute atomic E-state index is 0. The van der Waals surface area contributed by atoms with Crippen LogP contribution in [-0.4, -0.2) is 53.2 Å². The molecule has 1 aliphatic rings. The first kappa shape index (κ1) is 21.4. The summed E-state index contributed by atoms with van der Waals surface area (Å²) in [5, 5.41) is 9.16. The highest BCUT2D eigenvalue weighted by atomic mass is 16.3. The van der Waals surface area contributed by atoms with Crippen molar-refractivity contribution in [2.24, 2.45) is 0 Å². The van der Waals surface area contributed by atoms with Crippen LogP contribution < -0.4 is 0 Å². The van der Waals surface area contributed by atoms with E-state index in [0.717, 1.165) is 26.2 Å². The van der Waals surface area contributed by atoms with Crippen molar-refractivity contribution < 1.29 is 9.68 Å². The van der Waals surface area contributed by atoms with Crippen LogP contribution in [-0.2, 0) is 0 Å². The highest BCUT2D eigenvalue weighted by Crippen LogP contribution is 2.13.